The van der Waals surface area contributed by atoms with Gasteiger partial charge in [-0.2, -0.15) is 0 Å². The molecule has 0 amide bonds. The maximum atomic E-state index is 12.2. The van der Waals surface area contributed by atoms with E-state index >= 15 is 0 Å². The molecule has 1 fully saturated rings. The molecular formula is C15H24N2O3S. The molecule has 0 saturated carbocycles. The first-order valence-electron chi connectivity index (χ1n) is 7.47. The van der Waals surface area contributed by atoms with Gasteiger partial charge >= 0.3 is 0 Å². The van der Waals surface area contributed by atoms with Crippen molar-refractivity contribution in [3.8, 4) is 0 Å². The Morgan fingerprint density at radius 2 is 2.00 bits per heavy atom. The van der Waals surface area contributed by atoms with Gasteiger partial charge in [0.05, 0.1) is 11.0 Å². The van der Waals surface area contributed by atoms with E-state index in [0.717, 1.165) is 31.5 Å². The van der Waals surface area contributed by atoms with Crippen LogP contribution in [0.15, 0.2) is 29.2 Å². The van der Waals surface area contributed by atoms with Crippen molar-refractivity contribution in [2.24, 2.45) is 0 Å². The SMILES string of the molecule is Cc1ccccc1S(=O)(=O)NCCCOC1CCNCC1. The molecule has 6 heteroatoms. The van der Waals surface area contributed by atoms with Crippen LogP contribution in [0.5, 0.6) is 0 Å². The van der Waals surface area contributed by atoms with Crippen LogP contribution in [0.1, 0.15) is 24.8 Å². The van der Waals surface area contributed by atoms with Crippen molar-refractivity contribution in [3.63, 3.8) is 0 Å². The van der Waals surface area contributed by atoms with Crippen LogP contribution in [0, 0.1) is 6.92 Å². The van der Waals surface area contributed by atoms with E-state index in [1.807, 2.05) is 6.07 Å². The summed E-state index contributed by atoms with van der Waals surface area (Å²) in [7, 11) is -3.41. The van der Waals surface area contributed by atoms with Gasteiger partial charge in [-0.3, -0.25) is 0 Å². The van der Waals surface area contributed by atoms with Gasteiger partial charge in [-0.1, -0.05) is 18.2 Å². The smallest absolute Gasteiger partial charge is 0.240 e. The highest BCUT2D eigenvalue weighted by molar-refractivity contribution is 7.89. The number of piperidine rings is 1. The minimum absolute atomic E-state index is 0.319. The third kappa shape index (κ3) is 5.07. The zero-order chi connectivity index (χ0) is 15.1. The number of rotatable bonds is 7. The molecule has 1 heterocycles. The van der Waals surface area contributed by atoms with Crippen LogP contribution in [0.4, 0.5) is 0 Å². The van der Waals surface area contributed by atoms with Crippen LogP contribution in [0.3, 0.4) is 0 Å². The van der Waals surface area contributed by atoms with E-state index in [9.17, 15) is 8.42 Å². The van der Waals surface area contributed by atoms with Gasteiger partial charge in [0.1, 0.15) is 0 Å². The van der Waals surface area contributed by atoms with Crippen molar-refractivity contribution in [1.82, 2.24) is 10.0 Å². The van der Waals surface area contributed by atoms with E-state index in [-0.39, 0.29) is 0 Å². The van der Waals surface area contributed by atoms with Crippen LogP contribution >= 0.6 is 0 Å². The maximum Gasteiger partial charge on any atom is 0.240 e. The van der Waals surface area contributed by atoms with Gasteiger partial charge in [-0.05, 0) is 50.9 Å². The average molecular weight is 312 g/mol. The molecule has 0 aliphatic carbocycles. The fourth-order valence-corrected chi connectivity index (χ4v) is 3.74. The van der Waals surface area contributed by atoms with Crippen molar-refractivity contribution < 1.29 is 13.2 Å². The van der Waals surface area contributed by atoms with Crippen LogP contribution < -0.4 is 10.0 Å². The molecule has 1 aliphatic rings. The van der Waals surface area contributed by atoms with Gasteiger partial charge in [-0.25, -0.2) is 13.1 Å². The fourth-order valence-electron chi connectivity index (χ4n) is 2.43. The number of sulfonamides is 1. The van der Waals surface area contributed by atoms with Crippen LogP contribution in [0.25, 0.3) is 0 Å². The number of hydrogen-bond acceptors (Lipinski definition) is 4. The molecule has 2 N–H and O–H groups in total. The molecule has 2 rings (SSSR count). The van der Waals surface area contributed by atoms with Crippen molar-refractivity contribution in [3.05, 3.63) is 29.8 Å². The van der Waals surface area contributed by atoms with Crippen molar-refractivity contribution in [2.45, 2.75) is 37.2 Å². The summed E-state index contributed by atoms with van der Waals surface area (Å²) >= 11 is 0. The minimum Gasteiger partial charge on any atom is -0.378 e. The van der Waals surface area contributed by atoms with Gasteiger partial charge in [-0.15, -0.1) is 0 Å². The molecule has 0 atom stereocenters. The monoisotopic (exact) mass is 312 g/mol. The molecule has 5 nitrogen and oxygen atoms in total. The van der Waals surface area contributed by atoms with Gasteiger partial charge in [0, 0.05) is 13.2 Å². The third-order valence-electron chi connectivity index (χ3n) is 3.64. The predicted molar refractivity (Wildman–Crippen MR) is 82.8 cm³/mol. The van der Waals surface area contributed by atoms with Crippen LogP contribution in [0.2, 0.25) is 0 Å². The summed E-state index contributed by atoms with van der Waals surface area (Å²) in [6.07, 6.45) is 3.08. The van der Waals surface area contributed by atoms with E-state index in [0.29, 0.717) is 30.6 Å². The summed E-state index contributed by atoms with van der Waals surface area (Å²) in [5, 5.41) is 3.29. The Morgan fingerprint density at radius 1 is 1.29 bits per heavy atom. The van der Waals surface area contributed by atoms with Gasteiger partial charge in [0.15, 0.2) is 0 Å². The van der Waals surface area contributed by atoms with Crippen molar-refractivity contribution >= 4 is 10.0 Å². The van der Waals surface area contributed by atoms with Crippen molar-refractivity contribution in [2.75, 3.05) is 26.2 Å². The second-order valence-corrected chi connectivity index (χ2v) is 7.07. The molecule has 0 bridgehead atoms. The van der Waals surface area contributed by atoms with Crippen LogP contribution in [-0.2, 0) is 14.8 Å². The summed E-state index contributed by atoms with van der Waals surface area (Å²) in [5.41, 5.74) is 0.760. The lowest BCUT2D eigenvalue weighted by Gasteiger charge is -2.22. The number of aryl methyl sites for hydroxylation is 1. The first-order chi connectivity index (χ1) is 10.1. The normalized spacial score (nSPS) is 17.0. The lowest BCUT2D eigenvalue weighted by atomic mass is 10.1. The highest BCUT2D eigenvalue weighted by Crippen LogP contribution is 2.13. The highest BCUT2D eigenvalue weighted by atomic mass is 32.2. The highest BCUT2D eigenvalue weighted by Gasteiger charge is 2.16. The van der Waals surface area contributed by atoms with Crippen molar-refractivity contribution in [1.29, 1.82) is 0 Å². The Bertz CT molecular complexity index is 540. The molecule has 118 valence electrons. The van der Waals surface area contributed by atoms with Gasteiger partial charge in [0.2, 0.25) is 10.0 Å². The Labute approximate surface area is 127 Å². The third-order valence-corrected chi connectivity index (χ3v) is 5.26. The first-order valence-corrected chi connectivity index (χ1v) is 8.95. The molecule has 1 aliphatic heterocycles. The Morgan fingerprint density at radius 3 is 2.71 bits per heavy atom. The molecule has 0 aromatic heterocycles. The number of hydrogen-bond donors (Lipinski definition) is 2. The zero-order valence-corrected chi connectivity index (χ0v) is 13.3. The molecule has 1 saturated heterocycles. The Kier molecular flexibility index (Phi) is 6.17. The average Bonchev–Trinajstić information content (AvgIpc) is 2.48. The molecule has 1 aromatic carbocycles. The number of benzene rings is 1. The van der Waals surface area contributed by atoms with Crippen LogP contribution in [-0.4, -0.2) is 40.8 Å². The van der Waals surface area contributed by atoms with E-state index in [4.69, 9.17) is 4.74 Å². The Hall–Kier alpha value is -0.950. The van der Waals surface area contributed by atoms with E-state index in [1.165, 1.54) is 0 Å². The quantitative estimate of drug-likeness (QED) is 0.748. The minimum atomic E-state index is -3.41. The molecule has 0 unspecified atom stereocenters. The summed E-state index contributed by atoms with van der Waals surface area (Å²) in [4.78, 5) is 0.351. The molecule has 21 heavy (non-hydrogen) atoms. The lowest BCUT2D eigenvalue weighted by molar-refractivity contribution is 0.0322. The molecule has 0 radical (unpaired) electrons. The topological polar surface area (TPSA) is 67.4 Å². The summed E-state index contributed by atoms with van der Waals surface area (Å²) < 4.78 is 32.7. The molecule has 1 aromatic rings. The molecule has 0 spiro atoms. The van der Waals surface area contributed by atoms with E-state index < -0.39 is 10.0 Å². The Balaban J connectivity index is 1.71. The standard InChI is InChI=1S/C15H24N2O3S/c1-13-5-2-3-6-15(13)21(18,19)17-9-4-12-20-14-7-10-16-11-8-14/h2-3,5-6,14,16-17H,4,7-12H2,1H3. The first kappa shape index (κ1) is 16.4. The van der Waals surface area contributed by atoms with Gasteiger partial charge < -0.3 is 10.1 Å². The predicted octanol–water partition coefficient (Wildman–Crippen LogP) is 1.43. The summed E-state index contributed by atoms with van der Waals surface area (Å²) in [6, 6.07) is 7.00. The lowest BCUT2D eigenvalue weighted by Crippen LogP contribution is -2.33. The maximum absolute atomic E-state index is 12.2. The largest absolute Gasteiger partial charge is 0.378 e. The second-order valence-electron chi connectivity index (χ2n) is 5.34. The molecular weight excluding hydrogens is 288 g/mol. The van der Waals surface area contributed by atoms with E-state index in [1.54, 1.807) is 25.1 Å². The second kappa shape index (κ2) is 7.89. The van der Waals surface area contributed by atoms with Gasteiger partial charge in [0.25, 0.3) is 0 Å². The summed E-state index contributed by atoms with van der Waals surface area (Å²) in [6.45, 7) is 4.81. The number of nitrogens with one attached hydrogen (secondary N) is 2. The summed E-state index contributed by atoms with van der Waals surface area (Å²) in [5.74, 6) is 0. The van der Waals surface area contributed by atoms with E-state index in [2.05, 4.69) is 10.0 Å². The fraction of sp³-hybridized carbons (Fsp3) is 0.600. The zero-order valence-electron chi connectivity index (χ0n) is 12.5. The number of ether oxygens (including phenoxy) is 1.